The normalized spacial score (nSPS) is 13.8. The van der Waals surface area contributed by atoms with Crippen molar-refractivity contribution in [3.05, 3.63) is 71.3 Å². The average Bonchev–Trinajstić information content (AvgIpc) is 2.54. The third-order valence-corrected chi connectivity index (χ3v) is 4.09. The number of hydrogen-bond donors (Lipinski definition) is 0. The van der Waals surface area contributed by atoms with Gasteiger partial charge in [0.25, 0.3) is 0 Å². The summed E-state index contributed by atoms with van der Waals surface area (Å²) in [6.45, 7) is 1.81. The lowest BCUT2D eigenvalue weighted by atomic mass is 9.87. The van der Waals surface area contributed by atoms with E-state index in [4.69, 9.17) is 4.74 Å². The zero-order valence-electron chi connectivity index (χ0n) is 11.8. The molecule has 0 amide bonds. The Morgan fingerprint density at radius 3 is 2.20 bits per heavy atom. The van der Waals surface area contributed by atoms with Gasteiger partial charge in [-0.25, -0.2) is 0 Å². The summed E-state index contributed by atoms with van der Waals surface area (Å²) in [7, 11) is 4.25. The summed E-state index contributed by atoms with van der Waals surface area (Å²) in [4.78, 5) is 12.8. The maximum absolute atomic E-state index is 12.8. The third kappa shape index (κ3) is 2.82. The fourth-order valence-electron chi connectivity index (χ4n) is 2.17. The highest BCUT2D eigenvalue weighted by Gasteiger charge is 2.35. The Balaban J connectivity index is 2.37. The van der Waals surface area contributed by atoms with Crippen molar-refractivity contribution in [3.8, 4) is 0 Å². The molecule has 2 atom stereocenters. The summed E-state index contributed by atoms with van der Waals surface area (Å²) >= 11 is 0. The van der Waals surface area contributed by atoms with Crippen molar-refractivity contribution in [1.82, 2.24) is 0 Å². The van der Waals surface area contributed by atoms with Crippen LogP contribution in [-0.2, 0) is 16.5 Å². The summed E-state index contributed by atoms with van der Waals surface area (Å²) in [5.41, 5.74) is 1.76. The third-order valence-electron chi connectivity index (χ3n) is 3.62. The van der Waals surface area contributed by atoms with E-state index in [9.17, 15) is 4.79 Å². The van der Waals surface area contributed by atoms with Crippen LogP contribution < -0.4 is 0 Å². The lowest BCUT2D eigenvalue weighted by molar-refractivity contribution is 0.0101. The summed E-state index contributed by atoms with van der Waals surface area (Å²) in [6.07, 6.45) is 0.884. The fraction of sp³-hybridized carbons (Fsp3) is 0.235. The maximum Gasteiger partial charge on any atom is 0.198 e. The van der Waals surface area contributed by atoms with Gasteiger partial charge in [-0.1, -0.05) is 54.6 Å². The van der Waals surface area contributed by atoms with Crippen LogP contribution in [0, 0.1) is 0 Å². The lowest BCUT2D eigenvalue weighted by Gasteiger charge is -2.27. The van der Waals surface area contributed by atoms with E-state index in [1.54, 1.807) is 7.11 Å². The van der Waals surface area contributed by atoms with Crippen LogP contribution >= 0.6 is 9.24 Å². The molecule has 0 saturated carbocycles. The molecule has 0 spiro atoms. The molecular weight excluding hydrogens is 267 g/mol. The van der Waals surface area contributed by atoms with Crippen molar-refractivity contribution in [3.63, 3.8) is 0 Å². The van der Waals surface area contributed by atoms with Gasteiger partial charge in [0.1, 0.15) is 0 Å². The van der Waals surface area contributed by atoms with Crippen molar-refractivity contribution in [2.45, 2.75) is 18.7 Å². The monoisotopic (exact) mass is 286 g/mol. The molecular formula is C17H19O2P. The van der Waals surface area contributed by atoms with Gasteiger partial charge in [-0.2, -0.15) is 0 Å². The number of benzene rings is 2. The van der Waals surface area contributed by atoms with Gasteiger partial charge in [-0.3, -0.25) is 4.79 Å². The Hall–Kier alpha value is -1.50. The number of rotatable bonds is 5. The van der Waals surface area contributed by atoms with Crippen LogP contribution in [0.4, 0.5) is 0 Å². The number of methoxy groups -OCH3 is 1. The minimum atomic E-state index is -0.955. The van der Waals surface area contributed by atoms with Gasteiger partial charge in [0.2, 0.25) is 0 Å². The van der Waals surface area contributed by atoms with Gasteiger partial charge >= 0.3 is 0 Å². The largest absolute Gasteiger partial charge is 0.366 e. The van der Waals surface area contributed by atoms with Gasteiger partial charge in [0, 0.05) is 12.7 Å². The molecule has 2 aromatic rings. The molecule has 0 aliphatic heterocycles. The van der Waals surface area contributed by atoms with Crippen molar-refractivity contribution in [2.24, 2.45) is 0 Å². The van der Waals surface area contributed by atoms with Gasteiger partial charge < -0.3 is 4.74 Å². The molecule has 0 radical (unpaired) electrons. The second-order valence-corrected chi connectivity index (χ2v) is 5.24. The summed E-state index contributed by atoms with van der Waals surface area (Å²) < 4.78 is 5.54. The molecule has 2 aromatic carbocycles. The lowest BCUT2D eigenvalue weighted by Crippen LogP contribution is -2.34. The molecule has 0 aliphatic rings. The highest BCUT2D eigenvalue weighted by Crippen LogP contribution is 2.29. The van der Waals surface area contributed by atoms with E-state index >= 15 is 0 Å². The minimum Gasteiger partial charge on any atom is -0.366 e. The van der Waals surface area contributed by atoms with Gasteiger partial charge in [0.05, 0.1) is 0 Å². The van der Waals surface area contributed by atoms with Crippen LogP contribution in [0.3, 0.4) is 0 Å². The van der Waals surface area contributed by atoms with Gasteiger partial charge in [-0.05, 0) is 24.2 Å². The maximum atomic E-state index is 12.8. The molecule has 0 heterocycles. The molecule has 0 fully saturated rings. The smallest absolute Gasteiger partial charge is 0.198 e. The molecule has 20 heavy (non-hydrogen) atoms. The first-order valence-corrected chi connectivity index (χ1v) is 7.38. The predicted molar refractivity (Wildman–Crippen MR) is 85.0 cm³/mol. The zero-order valence-corrected chi connectivity index (χ0v) is 13.0. The molecule has 0 saturated heterocycles. The first kappa shape index (κ1) is 14.9. The quantitative estimate of drug-likeness (QED) is 0.617. The van der Waals surface area contributed by atoms with Gasteiger partial charge in [-0.15, -0.1) is 9.24 Å². The van der Waals surface area contributed by atoms with E-state index < -0.39 is 5.60 Å². The van der Waals surface area contributed by atoms with E-state index in [1.165, 1.54) is 5.56 Å². The molecule has 0 N–H and O–H groups in total. The predicted octanol–water partition coefficient (Wildman–Crippen LogP) is 3.81. The van der Waals surface area contributed by atoms with Gasteiger partial charge in [0.15, 0.2) is 11.4 Å². The minimum absolute atomic E-state index is 0.0264. The number of hydrogen-bond acceptors (Lipinski definition) is 2. The SMILES string of the molecule is COC(C)(C(=O)c1ccc(CP)cc1)c1ccccc1. The average molecular weight is 286 g/mol. The Morgan fingerprint density at radius 1 is 1.10 bits per heavy atom. The van der Waals surface area contributed by atoms with Crippen molar-refractivity contribution in [1.29, 1.82) is 0 Å². The Bertz CT molecular complexity index is 578. The van der Waals surface area contributed by atoms with Crippen molar-refractivity contribution < 1.29 is 9.53 Å². The van der Waals surface area contributed by atoms with Crippen LogP contribution in [0.5, 0.6) is 0 Å². The Kier molecular flexibility index (Phi) is 4.69. The molecule has 3 heteroatoms. The second-order valence-electron chi connectivity index (χ2n) is 4.83. The zero-order chi connectivity index (χ0) is 14.6. The number of ketones is 1. The van der Waals surface area contributed by atoms with E-state index in [1.807, 2.05) is 61.5 Å². The van der Waals surface area contributed by atoms with Crippen LogP contribution in [-0.4, -0.2) is 12.9 Å². The molecule has 0 aliphatic carbocycles. The molecule has 0 bridgehead atoms. The van der Waals surface area contributed by atoms with Crippen LogP contribution in [0.25, 0.3) is 0 Å². The molecule has 0 aromatic heterocycles. The van der Waals surface area contributed by atoms with Crippen molar-refractivity contribution in [2.75, 3.05) is 7.11 Å². The Labute approximate surface area is 122 Å². The number of carbonyl (C=O) groups excluding carboxylic acids is 1. The molecule has 2 unspecified atom stereocenters. The highest BCUT2D eigenvalue weighted by atomic mass is 31.0. The van der Waals surface area contributed by atoms with Crippen LogP contribution in [0.1, 0.15) is 28.4 Å². The second kappa shape index (κ2) is 6.30. The number of Topliss-reactive ketones (excluding diaryl/α,β-unsaturated/α-hetero) is 1. The summed E-state index contributed by atoms with van der Waals surface area (Å²) in [5, 5.41) is 0. The van der Waals surface area contributed by atoms with E-state index in [2.05, 4.69) is 9.24 Å². The number of carbonyl (C=O) groups is 1. The highest BCUT2D eigenvalue weighted by molar-refractivity contribution is 7.15. The summed E-state index contributed by atoms with van der Waals surface area (Å²) in [5.74, 6) is -0.0264. The Morgan fingerprint density at radius 2 is 1.70 bits per heavy atom. The first-order chi connectivity index (χ1) is 9.61. The van der Waals surface area contributed by atoms with Crippen LogP contribution in [0.15, 0.2) is 54.6 Å². The van der Waals surface area contributed by atoms with Crippen LogP contribution in [0.2, 0.25) is 0 Å². The van der Waals surface area contributed by atoms with E-state index in [0.717, 1.165) is 11.7 Å². The van der Waals surface area contributed by atoms with Crippen molar-refractivity contribution >= 4 is 15.0 Å². The summed E-state index contributed by atoms with van der Waals surface area (Å²) in [6, 6.07) is 17.3. The fourth-order valence-corrected chi connectivity index (χ4v) is 2.44. The molecule has 104 valence electrons. The van der Waals surface area contributed by atoms with E-state index in [-0.39, 0.29) is 5.78 Å². The standard InChI is InChI=1S/C17H19O2P/c1-17(19-2,15-6-4-3-5-7-15)16(18)14-10-8-13(12-20)9-11-14/h3-11H,12,20H2,1-2H3. The molecule has 2 nitrogen and oxygen atoms in total. The number of ether oxygens (including phenoxy) is 1. The first-order valence-electron chi connectivity index (χ1n) is 6.56. The van der Waals surface area contributed by atoms with E-state index in [0.29, 0.717) is 5.56 Å². The molecule has 2 rings (SSSR count). The topological polar surface area (TPSA) is 26.3 Å².